The average Bonchev–Trinajstić information content (AvgIpc) is 3.13. The number of carbonyl (C=O) groups excluding carboxylic acids is 2. The van der Waals surface area contributed by atoms with E-state index in [1.165, 1.54) is 0 Å². The summed E-state index contributed by atoms with van der Waals surface area (Å²) in [4.78, 5) is 24.7. The van der Waals surface area contributed by atoms with Crippen LogP contribution < -0.4 is 5.32 Å². The largest absolute Gasteiger partial charge is 0.449 e. The molecule has 0 spiro atoms. The summed E-state index contributed by atoms with van der Waals surface area (Å²) in [5.41, 5.74) is 2.75. The summed E-state index contributed by atoms with van der Waals surface area (Å²) in [7, 11) is 0. The van der Waals surface area contributed by atoms with Gasteiger partial charge in [0.1, 0.15) is 11.3 Å². The number of ether oxygens (including phenoxy) is 1. The predicted molar refractivity (Wildman–Crippen MR) is 107 cm³/mol. The van der Waals surface area contributed by atoms with Gasteiger partial charge in [0, 0.05) is 18.3 Å². The topological polar surface area (TPSA) is 73.2 Å². The van der Waals surface area contributed by atoms with E-state index in [0.29, 0.717) is 24.3 Å². The summed E-state index contributed by atoms with van der Waals surface area (Å²) in [5.74, 6) is -0.897. The Morgan fingerprint density at radius 3 is 2.36 bits per heavy atom. The van der Waals surface area contributed by atoms with Gasteiger partial charge in [0.15, 0.2) is 6.10 Å². The highest BCUT2D eigenvalue weighted by Crippen LogP contribution is 2.23. The number of likely N-dealkylation sites (N-methyl/N-ethyl adjacent to an activating group) is 1. The number of nitrogens with zero attached hydrogens (tertiary/aromatic N) is 2. The molecule has 6 heteroatoms. The minimum atomic E-state index is -0.881. The van der Waals surface area contributed by atoms with Crippen LogP contribution in [0.3, 0.4) is 0 Å². The molecule has 1 aromatic heterocycles. The maximum atomic E-state index is 12.8. The first-order chi connectivity index (χ1) is 13.6. The van der Waals surface area contributed by atoms with Crippen molar-refractivity contribution in [3.8, 4) is 11.3 Å². The molecule has 1 heterocycles. The summed E-state index contributed by atoms with van der Waals surface area (Å²) in [5, 5.41) is 7.25. The van der Waals surface area contributed by atoms with Crippen molar-refractivity contribution in [1.82, 2.24) is 15.1 Å². The molecular weight excluding hydrogens is 354 g/mol. The molecular formula is C22H23N3O3. The smallest absolute Gasteiger partial charge is 0.342 e. The third-order valence-corrected chi connectivity index (χ3v) is 4.22. The Labute approximate surface area is 164 Å². The molecule has 0 aliphatic rings. The number of hydrogen-bond acceptors (Lipinski definition) is 4. The fraction of sp³-hybridized carbons (Fsp3) is 0.227. The predicted octanol–water partition coefficient (Wildman–Crippen LogP) is 3.28. The number of carbonyl (C=O) groups is 2. The van der Waals surface area contributed by atoms with Gasteiger partial charge >= 0.3 is 5.97 Å². The van der Waals surface area contributed by atoms with Crippen molar-refractivity contribution in [3.63, 3.8) is 0 Å². The van der Waals surface area contributed by atoms with Crippen LogP contribution in [0.15, 0.2) is 66.9 Å². The Bertz CT molecular complexity index is 936. The number of amides is 1. The lowest BCUT2D eigenvalue weighted by molar-refractivity contribution is -0.128. The van der Waals surface area contributed by atoms with Crippen LogP contribution >= 0.6 is 0 Å². The quantitative estimate of drug-likeness (QED) is 0.642. The van der Waals surface area contributed by atoms with Crippen LogP contribution in [0.2, 0.25) is 0 Å². The molecule has 0 aliphatic heterocycles. The molecule has 6 nitrogen and oxygen atoms in total. The Morgan fingerprint density at radius 2 is 1.71 bits per heavy atom. The summed E-state index contributed by atoms with van der Waals surface area (Å²) in [6.07, 6.45) is 0.788. The van der Waals surface area contributed by atoms with Crippen LogP contribution in [0, 0.1) is 0 Å². The van der Waals surface area contributed by atoms with Gasteiger partial charge in [0.2, 0.25) is 0 Å². The lowest BCUT2D eigenvalue weighted by Crippen LogP contribution is -2.35. The second-order valence-corrected chi connectivity index (χ2v) is 6.38. The van der Waals surface area contributed by atoms with Gasteiger partial charge in [-0.1, -0.05) is 60.7 Å². The summed E-state index contributed by atoms with van der Waals surface area (Å²) < 4.78 is 7.09. The SMILES string of the molecule is CCNC(=O)[C@H](C)OC(=O)c1cn(Cc2ccccc2)nc1-c1ccccc1. The Hall–Kier alpha value is -3.41. The molecule has 2 aromatic carbocycles. The number of nitrogens with one attached hydrogen (secondary N) is 1. The standard InChI is InChI=1S/C22H23N3O3/c1-3-23-21(26)16(2)28-22(27)19-15-25(14-17-10-6-4-7-11-17)24-20(19)18-12-8-5-9-13-18/h4-13,15-16H,3,14H2,1-2H3,(H,23,26)/t16-/m0/s1. The molecule has 1 atom stereocenters. The monoisotopic (exact) mass is 377 g/mol. The Kier molecular flexibility index (Phi) is 6.22. The van der Waals surface area contributed by atoms with Crippen LogP contribution in [0.25, 0.3) is 11.3 Å². The van der Waals surface area contributed by atoms with Gasteiger partial charge in [0.05, 0.1) is 6.54 Å². The molecule has 0 bridgehead atoms. The van der Waals surface area contributed by atoms with Crippen LogP contribution in [0.1, 0.15) is 29.8 Å². The van der Waals surface area contributed by atoms with E-state index >= 15 is 0 Å². The van der Waals surface area contributed by atoms with Crippen molar-refractivity contribution in [3.05, 3.63) is 78.0 Å². The molecule has 1 amide bonds. The Balaban J connectivity index is 1.89. The van der Waals surface area contributed by atoms with Gasteiger partial charge in [0.25, 0.3) is 5.91 Å². The highest BCUT2D eigenvalue weighted by atomic mass is 16.5. The first kappa shape index (κ1) is 19.4. The minimum absolute atomic E-state index is 0.325. The van der Waals surface area contributed by atoms with Gasteiger partial charge in [-0.2, -0.15) is 5.10 Å². The van der Waals surface area contributed by atoms with Gasteiger partial charge in [-0.15, -0.1) is 0 Å². The van der Waals surface area contributed by atoms with Crippen LogP contribution in [-0.2, 0) is 16.1 Å². The zero-order valence-electron chi connectivity index (χ0n) is 16.0. The molecule has 0 saturated heterocycles. The molecule has 28 heavy (non-hydrogen) atoms. The third kappa shape index (κ3) is 4.65. The van der Waals surface area contributed by atoms with Crippen molar-refractivity contribution in [1.29, 1.82) is 0 Å². The molecule has 1 N–H and O–H groups in total. The number of hydrogen-bond donors (Lipinski definition) is 1. The average molecular weight is 377 g/mol. The molecule has 3 rings (SSSR count). The minimum Gasteiger partial charge on any atom is -0.449 e. The molecule has 0 aliphatic carbocycles. The number of rotatable bonds is 7. The normalized spacial score (nSPS) is 11.6. The van der Waals surface area contributed by atoms with E-state index in [9.17, 15) is 9.59 Å². The summed E-state index contributed by atoms with van der Waals surface area (Å²) in [6.45, 7) is 4.37. The maximum Gasteiger partial charge on any atom is 0.342 e. The van der Waals surface area contributed by atoms with Crippen molar-refractivity contribution in [2.24, 2.45) is 0 Å². The first-order valence-electron chi connectivity index (χ1n) is 9.24. The second-order valence-electron chi connectivity index (χ2n) is 6.38. The number of benzene rings is 2. The van der Waals surface area contributed by atoms with E-state index in [1.54, 1.807) is 17.8 Å². The van der Waals surface area contributed by atoms with Crippen LogP contribution in [0.5, 0.6) is 0 Å². The number of esters is 1. The fourth-order valence-corrected chi connectivity index (χ4v) is 2.83. The molecule has 0 saturated carbocycles. The lowest BCUT2D eigenvalue weighted by atomic mass is 10.1. The van der Waals surface area contributed by atoms with Gasteiger partial charge < -0.3 is 10.1 Å². The van der Waals surface area contributed by atoms with Gasteiger partial charge in [-0.05, 0) is 19.4 Å². The van der Waals surface area contributed by atoms with E-state index in [4.69, 9.17) is 4.74 Å². The van der Waals surface area contributed by atoms with Crippen LogP contribution in [0.4, 0.5) is 0 Å². The fourth-order valence-electron chi connectivity index (χ4n) is 2.83. The summed E-state index contributed by atoms with van der Waals surface area (Å²) in [6, 6.07) is 19.3. The number of aromatic nitrogens is 2. The van der Waals surface area contributed by atoms with Gasteiger partial charge in [-0.3, -0.25) is 9.48 Å². The highest BCUT2D eigenvalue weighted by Gasteiger charge is 2.23. The van der Waals surface area contributed by atoms with Crippen molar-refractivity contribution >= 4 is 11.9 Å². The van der Waals surface area contributed by atoms with E-state index in [2.05, 4.69) is 10.4 Å². The zero-order chi connectivity index (χ0) is 19.9. The van der Waals surface area contributed by atoms with E-state index in [1.807, 2.05) is 67.6 Å². The second kappa shape index (κ2) is 8.99. The Morgan fingerprint density at radius 1 is 1.07 bits per heavy atom. The van der Waals surface area contributed by atoms with E-state index in [0.717, 1.165) is 11.1 Å². The molecule has 0 radical (unpaired) electrons. The van der Waals surface area contributed by atoms with Crippen molar-refractivity contribution < 1.29 is 14.3 Å². The third-order valence-electron chi connectivity index (χ3n) is 4.22. The van der Waals surface area contributed by atoms with Crippen molar-refractivity contribution in [2.75, 3.05) is 6.54 Å². The van der Waals surface area contributed by atoms with Crippen molar-refractivity contribution in [2.45, 2.75) is 26.5 Å². The van der Waals surface area contributed by atoms with Gasteiger partial charge in [-0.25, -0.2) is 4.79 Å². The first-order valence-corrected chi connectivity index (χ1v) is 9.24. The lowest BCUT2D eigenvalue weighted by Gasteiger charge is -2.12. The maximum absolute atomic E-state index is 12.8. The molecule has 144 valence electrons. The zero-order valence-corrected chi connectivity index (χ0v) is 16.0. The van der Waals surface area contributed by atoms with E-state index in [-0.39, 0.29) is 5.91 Å². The highest BCUT2D eigenvalue weighted by molar-refractivity contribution is 5.97. The molecule has 0 fully saturated rings. The van der Waals surface area contributed by atoms with Crippen LogP contribution in [-0.4, -0.2) is 34.3 Å². The summed E-state index contributed by atoms with van der Waals surface area (Å²) >= 11 is 0. The van der Waals surface area contributed by atoms with E-state index < -0.39 is 12.1 Å². The molecule has 3 aromatic rings. The molecule has 0 unspecified atom stereocenters.